The fourth-order valence-corrected chi connectivity index (χ4v) is 3.94. The largest absolute Gasteiger partial charge is 0.461 e. The molecule has 0 aliphatic carbocycles. The van der Waals surface area contributed by atoms with Crippen molar-refractivity contribution in [1.29, 1.82) is 0 Å². The molecule has 0 aliphatic rings. The molecule has 2 aromatic carbocycles. The summed E-state index contributed by atoms with van der Waals surface area (Å²) < 4.78 is 151. The zero-order chi connectivity index (χ0) is 31.5. The number of carbonyl (C=O) groups is 1. The van der Waals surface area contributed by atoms with Crippen LogP contribution < -0.4 is 15.4 Å². The van der Waals surface area contributed by atoms with Gasteiger partial charge in [0.1, 0.15) is 17.1 Å². The predicted molar refractivity (Wildman–Crippen MR) is 126 cm³/mol. The normalized spacial score (nSPS) is 14.0. The minimum absolute atomic E-state index is 0.0224. The average Bonchev–Trinajstić information content (AvgIpc) is 2.86. The van der Waals surface area contributed by atoms with Crippen molar-refractivity contribution in [3.8, 4) is 5.75 Å². The van der Waals surface area contributed by atoms with Crippen LogP contribution in [-0.2, 0) is 12.0 Å². The van der Waals surface area contributed by atoms with Gasteiger partial charge in [-0.1, -0.05) is 41.9 Å². The lowest BCUT2D eigenvalue weighted by molar-refractivity contribution is -0.255. The van der Waals surface area contributed by atoms with Crippen molar-refractivity contribution >= 4 is 17.6 Å². The van der Waals surface area contributed by atoms with Crippen LogP contribution in [0.25, 0.3) is 0 Å². The molecule has 1 atom stereocenters. The standard InChI is InChI=1S/C25H17ClF11N3O2/c26-15-6-7-18(38-12-15)22(11-13-4-2-1-3-5-13,40-21(41)39-19(23(30,31)32)24(33,34)35)14-8-16(27)10-17(9-14)42-25(36,37)20(28)29/h1-10,12,19-20H,11H2,(H2,39,40,41). The number of alkyl halides is 10. The van der Waals surface area contributed by atoms with Crippen molar-refractivity contribution in [2.45, 2.75) is 42.9 Å². The molecule has 0 bridgehead atoms. The van der Waals surface area contributed by atoms with Crippen LogP contribution in [0.3, 0.4) is 0 Å². The molecular weight excluding hydrogens is 619 g/mol. The molecule has 0 saturated heterocycles. The Labute approximate surface area is 234 Å². The number of amides is 2. The number of benzene rings is 2. The van der Waals surface area contributed by atoms with Gasteiger partial charge in [0.25, 0.3) is 0 Å². The first-order valence-electron chi connectivity index (χ1n) is 11.4. The van der Waals surface area contributed by atoms with Crippen molar-refractivity contribution in [3.63, 3.8) is 0 Å². The van der Waals surface area contributed by atoms with Crippen molar-refractivity contribution in [1.82, 2.24) is 15.6 Å². The number of aromatic nitrogens is 1. The number of hydrogen-bond acceptors (Lipinski definition) is 3. The van der Waals surface area contributed by atoms with Gasteiger partial charge in [-0.25, -0.2) is 9.18 Å². The monoisotopic (exact) mass is 635 g/mol. The van der Waals surface area contributed by atoms with E-state index in [9.17, 15) is 53.1 Å². The molecule has 1 aromatic heterocycles. The molecule has 0 spiro atoms. The minimum Gasteiger partial charge on any atom is -0.428 e. The first kappa shape index (κ1) is 32.7. The van der Waals surface area contributed by atoms with Crippen LogP contribution in [-0.4, -0.2) is 41.9 Å². The number of pyridine rings is 1. The van der Waals surface area contributed by atoms with Gasteiger partial charge in [0.2, 0.25) is 6.04 Å². The maximum atomic E-state index is 14.7. The number of carbonyl (C=O) groups excluding carboxylic acids is 1. The SMILES string of the molecule is O=C(NC(C(F)(F)F)C(F)(F)F)NC(Cc1ccccc1)(c1cc(F)cc(OC(F)(F)C(F)F)c1)c1ccc(Cl)cn1. The Hall–Kier alpha value is -3.82. The molecule has 0 fully saturated rings. The second-order valence-electron chi connectivity index (χ2n) is 8.68. The molecule has 42 heavy (non-hydrogen) atoms. The van der Waals surface area contributed by atoms with E-state index in [2.05, 4.69) is 9.72 Å². The maximum absolute atomic E-state index is 14.7. The van der Waals surface area contributed by atoms with Gasteiger partial charge in [0, 0.05) is 18.7 Å². The summed E-state index contributed by atoms with van der Waals surface area (Å²) in [7, 11) is 0. The fraction of sp³-hybridized carbons (Fsp3) is 0.280. The van der Waals surface area contributed by atoms with Gasteiger partial charge in [-0.2, -0.15) is 43.9 Å². The lowest BCUT2D eigenvalue weighted by atomic mass is 9.80. The molecule has 17 heteroatoms. The summed E-state index contributed by atoms with van der Waals surface area (Å²) in [5.74, 6) is -2.63. The molecule has 0 saturated carbocycles. The molecule has 5 nitrogen and oxygen atoms in total. The Morgan fingerprint density at radius 2 is 1.52 bits per heavy atom. The number of nitrogens with one attached hydrogen (secondary N) is 2. The van der Waals surface area contributed by atoms with Gasteiger partial charge >= 0.3 is 30.9 Å². The Morgan fingerprint density at radius 1 is 0.905 bits per heavy atom. The maximum Gasteiger partial charge on any atom is 0.461 e. The number of rotatable bonds is 9. The van der Waals surface area contributed by atoms with Crippen LogP contribution in [0.2, 0.25) is 5.02 Å². The fourth-order valence-electron chi connectivity index (χ4n) is 3.83. The summed E-state index contributed by atoms with van der Waals surface area (Å²) in [5, 5.41) is 2.68. The van der Waals surface area contributed by atoms with E-state index >= 15 is 0 Å². The van der Waals surface area contributed by atoms with Gasteiger partial charge in [-0.3, -0.25) is 4.98 Å². The molecule has 2 N–H and O–H groups in total. The molecule has 2 amide bonds. The van der Waals surface area contributed by atoms with E-state index in [0.717, 1.165) is 23.6 Å². The predicted octanol–water partition coefficient (Wildman–Crippen LogP) is 7.39. The highest BCUT2D eigenvalue weighted by Crippen LogP contribution is 2.38. The number of urea groups is 1. The van der Waals surface area contributed by atoms with E-state index < -0.39 is 66.0 Å². The highest BCUT2D eigenvalue weighted by Gasteiger charge is 2.58. The van der Waals surface area contributed by atoms with Crippen LogP contribution in [0, 0.1) is 5.82 Å². The van der Waals surface area contributed by atoms with E-state index in [0.29, 0.717) is 12.1 Å². The third-order valence-corrected chi connectivity index (χ3v) is 5.83. The Balaban J connectivity index is 2.26. The quantitative estimate of drug-likeness (QED) is 0.241. The van der Waals surface area contributed by atoms with Gasteiger partial charge < -0.3 is 15.4 Å². The third-order valence-electron chi connectivity index (χ3n) is 5.61. The van der Waals surface area contributed by atoms with Gasteiger partial charge in [0.15, 0.2) is 0 Å². The number of nitrogens with zero attached hydrogens (tertiary/aromatic N) is 1. The van der Waals surface area contributed by atoms with E-state index in [4.69, 9.17) is 11.6 Å². The summed E-state index contributed by atoms with van der Waals surface area (Å²) in [6, 6.07) is 4.41. The Morgan fingerprint density at radius 3 is 2.05 bits per heavy atom. The zero-order valence-corrected chi connectivity index (χ0v) is 21.3. The third kappa shape index (κ3) is 7.92. The van der Waals surface area contributed by atoms with Crippen molar-refractivity contribution < 1.29 is 57.8 Å². The molecular formula is C25H17ClF11N3O2. The smallest absolute Gasteiger partial charge is 0.428 e. The first-order valence-corrected chi connectivity index (χ1v) is 11.8. The van der Waals surface area contributed by atoms with Crippen LogP contribution >= 0.6 is 11.6 Å². The lowest BCUT2D eigenvalue weighted by Crippen LogP contribution is -2.60. The first-order chi connectivity index (χ1) is 19.3. The van der Waals surface area contributed by atoms with Gasteiger partial charge in [-0.15, -0.1) is 0 Å². The number of ether oxygens (including phenoxy) is 1. The van der Waals surface area contributed by atoms with Crippen LogP contribution in [0.5, 0.6) is 5.75 Å². The van der Waals surface area contributed by atoms with Gasteiger partial charge in [-0.05, 0) is 35.4 Å². The number of hydrogen-bond donors (Lipinski definition) is 2. The minimum atomic E-state index is -6.00. The zero-order valence-electron chi connectivity index (χ0n) is 20.5. The molecule has 1 heterocycles. The van der Waals surface area contributed by atoms with E-state index in [1.165, 1.54) is 30.3 Å². The molecule has 1 unspecified atom stereocenters. The average molecular weight is 636 g/mol. The van der Waals surface area contributed by atoms with E-state index in [1.54, 1.807) is 0 Å². The van der Waals surface area contributed by atoms with Gasteiger partial charge in [0.05, 0.1) is 10.7 Å². The van der Waals surface area contributed by atoms with Crippen LogP contribution in [0.1, 0.15) is 16.8 Å². The Kier molecular flexibility index (Phi) is 9.49. The van der Waals surface area contributed by atoms with E-state index in [-0.39, 0.29) is 22.3 Å². The Bertz CT molecular complexity index is 1360. The molecule has 3 rings (SSSR count). The molecule has 3 aromatic rings. The van der Waals surface area contributed by atoms with Crippen molar-refractivity contribution in [2.75, 3.05) is 0 Å². The number of halogens is 12. The lowest BCUT2D eigenvalue weighted by Gasteiger charge is -2.36. The van der Waals surface area contributed by atoms with Crippen LogP contribution in [0.15, 0.2) is 66.9 Å². The van der Waals surface area contributed by atoms with E-state index in [1.807, 2.05) is 5.32 Å². The van der Waals surface area contributed by atoms with Crippen molar-refractivity contribution in [3.05, 3.63) is 94.5 Å². The highest BCUT2D eigenvalue weighted by atomic mass is 35.5. The second-order valence-corrected chi connectivity index (χ2v) is 9.12. The van der Waals surface area contributed by atoms with Crippen molar-refractivity contribution in [2.24, 2.45) is 0 Å². The highest BCUT2D eigenvalue weighted by molar-refractivity contribution is 6.30. The van der Waals surface area contributed by atoms with Crippen LogP contribution in [0.4, 0.5) is 53.1 Å². The topological polar surface area (TPSA) is 63.2 Å². The second kappa shape index (κ2) is 12.2. The summed E-state index contributed by atoms with van der Waals surface area (Å²) in [6.45, 7) is 0. The summed E-state index contributed by atoms with van der Waals surface area (Å²) in [5.41, 5.74) is -3.22. The molecule has 0 aliphatic heterocycles. The summed E-state index contributed by atoms with van der Waals surface area (Å²) in [6.07, 6.45) is -21.1. The summed E-state index contributed by atoms with van der Waals surface area (Å²) >= 11 is 5.85. The molecule has 0 radical (unpaired) electrons. The summed E-state index contributed by atoms with van der Waals surface area (Å²) in [4.78, 5) is 16.8. The molecule has 228 valence electrons.